The summed E-state index contributed by atoms with van der Waals surface area (Å²) in [5.41, 5.74) is 0.701. The summed E-state index contributed by atoms with van der Waals surface area (Å²) < 4.78 is 9.28. The van der Waals surface area contributed by atoms with E-state index in [1.807, 2.05) is 0 Å². The van der Waals surface area contributed by atoms with E-state index in [1.165, 1.54) is 6.92 Å². The summed E-state index contributed by atoms with van der Waals surface area (Å²) in [7, 11) is 2.22. The molecule has 1 aromatic rings. The van der Waals surface area contributed by atoms with Crippen molar-refractivity contribution in [1.82, 2.24) is 4.90 Å². The lowest BCUT2D eigenvalue weighted by atomic mass is 10.0. The highest BCUT2D eigenvalue weighted by Gasteiger charge is 2.41. The van der Waals surface area contributed by atoms with Gasteiger partial charge in [-0.1, -0.05) is 30.3 Å². The van der Waals surface area contributed by atoms with Crippen molar-refractivity contribution >= 4 is 23.6 Å². The molecular formula is C17H21NO6. The van der Waals surface area contributed by atoms with Gasteiger partial charge in [0.15, 0.2) is 0 Å². The van der Waals surface area contributed by atoms with Gasteiger partial charge in [-0.25, -0.2) is 9.59 Å². The van der Waals surface area contributed by atoms with E-state index in [2.05, 4.69) is 9.47 Å². The zero-order chi connectivity index (χ0) is 18.3. The number of hydrogen-bond acceptors (Lipinski definition) is 6. The van der Waals surface area contributed by atoms with Crippen LogP contribution >= 0.6 is 0 Å². The Morgan fingerprint density at radius 3 is 1.92 bits per heavy atom. The van der Waals surface area contributed by atoms with Crippen LogP contribution in [0.25, 0.3) is 0 Å². The Kier molecular flexibility index (Phi) is 7.10. The molecule has 0 saturated carbocycles. The molecule has 0 aliphatic heterocycles. The number of methoxy groups -OCH3 is 2. The minimum Gasteiger partial charge on any atom is -0.467 e. The number of Topliss-reactive ketones (excluding diaryl/α,β-unsaturated/α-hetero) is 1. The monoisotopic (exact) mass is 335 g/mol. The first-order valence-electron chi connectivity index (χ1n) is 7.34. The van der Waals surface area contributed by atoms with Gasteiger partial charge in [-0.15, -0.1) is 0 Å². The Hall–Kier alpha value is -2.70. The molecule has 0 N–H and O–H groups in total. The van der Waals surface area contributed by atoms with E-state index < -0.39 is 36.4 Å². The van der Waals surface area contributed by atoms with Crippen LogP contribution in [0.1, 0.15) is 31.9 Å². The molecule has 24 heavy (non-hydrogen) atoms. The Balaban J connectivity index is 3.34. The second-order valence-electron chi connectivity index (χ2n) is 5.22. The standard InChI is InChI=1S/C17H21NO6/c1-11(19)10-14(20)18(12(2)13-8-6-5-7-9-13)15(16(21)23-3)17(22)24-4/h5-9,12,15H,10H2,1-4H3. The van der Waals surface area contributed by atoms with Gasteiger partial charge >= 0.3 is 11.9 Å². The molecule has 0 aliphatic carbocycles. The Morgan fingerprint density at radius 1 is 1.00 bits per heavy atom. The normalized spacial score (nSPS) is 11.5. The number of carbonyl (C=O) groups excluding carboxylic acids is 4. The van der Waals surface area contributed by atoms with E-state index in [1.54, 1.807) is 37.3 Å². The molecule has 0 saturated heterocycles. The minimum absolute atomic E-state index is 0.376. The van der Waals surface area contributed by atoms with Gasteiger partial charge in [-0.2, -0.15) is 0 Å². The van der Waals surface area contributed by atoms with Gasteiger partial charge < -0.3 is 14.4 Å². The van der Waals surface area contributed by atoms with E-state index in [4.69, 9.17) is 0 Å². The zero-order valence-electron chi connectivity index (χ0n) is 14.1. The van der Waals surface area contributed by atoms with E-state index >= 15 is 0 Å². The second kappa shape index (κ2) is 8.81. The average molecular weight is 335 g/mol. The van der Waals surface area contributed by atoms with E-state index in [-0.39, 0.29) is 5.78 Å². The first-order chi connectivity index (χ1) is 11.3. The van der Waals surface area contributed by atoms with Crippen LogP contribution in [0, 0.1) is 0 Å². The van der Waals surface area contributed by atoms with Gasteiger partial charge in [0.25, 0.3) is 0 Å². The molecule has 0 fully saturated rings. The predicted octanol–water partition coefficient (Wildman–Crippen LogP) is 1.27. The maximum atomic E-state index is 12.5. The second-order valence-corrected chi connectivity index (χ2v) is 5.22. The number of esters is 2. The highest BCUT2D eigenvalue weighted by molar-refractivity contribution is 6.05. The number of carbonyl (C=O) groups is 4. The summed E-state index contributed by atoms with van der Waals surface area (Å²) in [5, 5.41) is 0. The van der Waals surface area contributed by atoms with Crippen LogP contribution in [-0.4, -0.2) is 48.8 Å². The number of ether oxygens (including phenoxy) is 2. The molecule has 1 unspecified atom stereocenters. The molecule has 1 amide bonds. The van der Waals surface area contributed by atoms with Crippen molar-refractivity contribution in [2.75, 3.05) is 14.2 Å². The first kappa shape index (κ1) is 19.3. The molecule has 0 aromatic heterocycles. The third kappa shape index (κ3) is 4.65. The van der Waals surface area contributed by atoms with Crippen LogP contribution in [0.2, 0.25) is 0 Å². The molecule has 1 atom stereocenters. The van der Waals surface area contributed by atoms with Crippen LogP contribution in [0.5, 0.6) is 0 Å². The molecular weight excluding hydrogens is 314 g/mol. The third-order valence-corrected chi connectivity index (χ3v) is 3.51. The van der Waals surface area contributed by atoms with Crippen LogP contribution in [0.15, 0.2) is 30.3 Å². The Bertz CT molecular complexity index is 597. The molecule has 0 bridgehead atoms. The number of amides is 1. The summed E-state index contributed by atoms with van der Waals surface area (Å²) in [6.45, 7) is 2.92. The smallest absolute Gasteiger partial charge is 0.340 e. The highest BCUT2D eigenvalue weighted by atomic mass is 16.5. The van der Waals surface area contributed by atoms with Crippen LogP contribution in [-0.2, 0) is 28.7 Å². The Morgan fingerprint density at radius 2 is 1.50 bits per heavy atom. The molecule has 0 aliphatic rings. The van der Waals surface area contributed by atoms with Gasteiger partial charge in [0.2, 0.25) is 11.9 Å². The molecule has 0 spiro atoms. The first-order valence-corrected chi connectivity index (χ1v) is 7.34. The number of nitrogens with zero attached hydrogens (tertiary/aromatic N) is 1. The fraction of sp³-hybridized carbons (Fsp3) is 0.412. The summed E-state index contributed by atoms with van der Waals surface area (Å²) >= 11 is 0. The summed E-state index contributed by atoms with van der Waals surface area (Å²) in [6, 6.07) is 6.63. The van der Waals surface area contributed by atoms with Crippen LogP contribution < -0.4 is 0 Å². The number of benzene rings is 1. The fourth-order valence-corrected chi connectivity index (χ4v) is 2.33. The van der Waals surface area contributed by atoms with Gasteiger partial charge in [-0.05, 0) is 19.4 Å². The number of ketones is 1. The minimum atomic E-state index is -1.58. The maximum Gasteiger partial charge on any atom is 0.340 e. The summed E-state index contributed by atoms with van der Waals surface area (Å²) in [4.78, 5) is 49.1. The molecule has 0 radical (unpaired) electrons. The average Bonchev–Trinajstić information content (AvgIpc) is 2.57. The predicted molar refractivity (Wildman–Crippen MR) is 84.8 cm³/mol. The van der Waals surface area contributed by atoms with Gasteiger partial charge in [0, 0.05) is 0 Å². The van der Waals surface area contributed by atoms with E-state index in [0.717, 1.165) is 19.1 Å². The molecule has 1 aromatic carbocycles. The number of rotatable bonds is 7. The van der Waals surface area contributed by atoms with E-state index in [9.17, 15) is 19.2 Å². The molecule has 1 rings (SSSR count). The van der Waals surface area contributed by atoms with Crippen LogP contribution in [0.4, 0.5) is 0 Å². The molecule has 0 heterocycles. The fourth-order valence-electron chi connectivity index (χ4n) is 2.33. The topological polar surface area (TPSA) is 90.0 Å². The SMILES string of the molecule is COC(=O)C(C(=O)OC)N(C(=O)CC(C)=O)C(C)c1ccccc1. The molecule has 130 valence electrons. The van der Waals surface area contributed by atoms with Crippen molar-refractivity contribution in [3.05, 3.63) is 35.9 Å². The summed E-state index contributed by atoms with van der Waals surface area (Å²) in [5.74, 6) is -2.89. The van der Waals surface area contributed by atoms with Gasteiger partial charge in [-0.3, -0.25) is 9.59 Å². The van der Waals surface area contributed by atoms with Crippen molar-refractivity contribution < 1.29 is 28.7 Å². The number of hydrogen-bond donors (Lipinski definition) is 0. The van der Waals surface area contributed by atoms with Gasteiger partial charge in [0.05, 0.1) is 26.7 Å². The third-order valence-electron chi connectivity index (χ3n) is 3.51. The quantitative estimate of drug-likeness (QED) is 0.550. The maximum absolute atomic E-state index is 12.5. The van der Waals surface area contributed by atoms with Crippen molar-refractivity contribution in [3.63, 3.8) is 0 Å². The lowest BCUT2D eigenvalue weighted by Gasteiger charge is -2.33. The molecule has 7 nitrogen and oxygen atoms in total. The lowest BCUT2D eigenvalue weighted by Crippen LogP contribution is -2.52. The molecule has 7 heteroatoms. The summed E-state index contributed by atoms with van der Waals surface area (Å²) in [6.07, 6.45) is -0.429. The van der Waals surface area contributed by atoms with Gasteiger partial charge in [0.1, 0.15) is 5.78 Å². The van der Waals surface area contributed by atoms with Crippen LogP contribution in [0.3, 0.4) is 0 Å². The lowest BCUT2D eigenvalue weighted by molar-refractivity contribution is -0.167. The Labute approximate surface area is 140 Å². The van der Waals surface area contributed by atoms with Crippen molar-refractivity contribution in [1.29, 1.82) is 0 Å². The van der Waals surface area contributed by atoms with E-state index in [0.29, 0.717) is 5.56 Å². The zero-order valence-corrected chi connectivity index (χ0v) is 14.1. The van der Waals surface area contributed by atoms with Crippen molar-refractivity contribution in [2.24, 2.45) is 0 Å². The van der Waals surface area contributed by atoms with Crippen molar-refractivity contribution in [2.45, 2.75) is 32.4 Å². The highest BCUT2D eigenvalue weighted by Crippen LogP contribution is 2.24. The van der Waals surface area contributed by atoms with Crippen molar-refractivity contribution in [3.8, 4) is 0 Å². The largest absolute Gasteiger partial charge is 0.467 e.